The molecule has 25 heavy (non-hydrogen) atoms. The van der Waals surface area contributed by atoms with Crippen molar-refractivity contribution < 1.29 is 9.53 Å². The Morgan fingerprint density at radius 3 is 2.28 bits per heavy atom. The molecule has 1 heterocycles. The van der Waals surface area contributed by atoms with Gasteiger partial charge >= 0.3 is 6.03 Å². The normalized spacial score (nSPS) is 10.7. The number of thiazole rings is 1. The van der Waals surface area contributed by atoms with Gasteiger partial charge in [0.1, 0.15) is 11.5 Å². The first-order valence-electron chi connectivity index (χ1n) is 7.93. The van der Waals surface area contributed by atoms with Gasteiger partial charge in [-0.25, -0.2) is 14.7 Å². The van der Waals surface area contributed by atoms with Crippen molar-refractivity contribution >= 4 is 28.2 Å². The van der Waals surface area contributed by atoms with Gasteiger partial charge in [0.2, 0.25) is 0 Å². The lowest BCUT2D eigenvalue weighted by molar-refractivity contribution is 0.256. The van der Waals surface area contributed by atoms with Crippen molar-refractivity contribution in [1.29, 1.82) is 0 Å². The van der Waals surface area contributed by atoms with Crippen molar-refractivity contribution in [3.63, 3.8) is 0 Å². The molecule has 0 atom stereocenters. The number of ether oxygens (including phenoxy) is 1. The summed E-state index contributed by atoms with van der Waals surface area (Å²) in [4.78, 5) is 18.8. The summed E-state index contributed by atoms with van der Waals surface area (Å²) in [5.41, 5.74) is 6.22. The molecule has 0 unspecified atom stereocenters. The van der Waals surface area contributed by atoms with Crippen LogP contribution in [0.1, 0.15) is 24.6 Å². The molecule has 0 saturated heterocycles. The van der Waals surface area contributed by atoms with Crippen LogP contribution in [-0.4, -0.2) is 11.0 Å². The van der Waals surface area contributed by atoms with Crippen molar-refractivity contribution in [3.05, 3.63) is 65.7 Å². The highest BCUT2D eigenvalue weighted by Crippen LogP contribution is 2.33. The Morgan fingerprint density at radius 2 is 1.72 bits per heavy atom. The van der Waals surface area contributed by atoms with Crippen LogP contribution in [-0.2, 0) is 0 Å². The number of hydrogen-bond donors (Lipinski definition) is 1. The van der Waals surface area contributed by atoms with E-state index in [1.807, 2.05) is 30.3 Å². The van der Waals surface area contributed by atoms with Gasteiger partial charge in [0.05, 0.1) is 5.69 Å². The standard InChI is InChI=1S/C19H19N3O2S/c1-13(2)17-12-21-19(25-17)22(18(20)23)14-8-10-16(11-9-14)24-15-6-4-3-5-7-15/h3-13H,1-2H3,(H2,20,23). The maximum Gasteiger partial charge on any atom is 0.325 e. The summed E-state index contributed by atoms with van der Waals surface area (Å²) in [5, 5.41) is 0.563. The third kappa shape index (κ3) is 3.97. The fraction of sp³-hybridized carbons (Fsp3) is 0.158. The number of benzene rings is 2. The predicted octanol–water partition coefficient (Wildman–Crippen LogP) is 5.28. The predicted molar refractivity (Wildman–Crippen MR) is 101 cm³/mol. The molecule has 0 fully saturated rings. The van der Waals surface area contributed by atoms with Crippen molar-refractivity contribution in [2.24, 2.45) is 5.73 Å². The van der Waals surface area contributed by atoms with E-state index >= 15 is 0 Å². The molecule has 128 valence electrons. The Kier molecular flexibility index (Phi) is 5.00. The van der Waals surface area contributed by atoms with Crippen molar-refractivity contribution in [3.8, 4) is 11.5 Å². The Balaban J connectivity index is 1.83. The van der Waals surface area contributed by atoms with Crippen LogP contribution >= 0.6 is 11.3 Å². The summed E-state index contributed by atoms with van der Waals surface area (Å²) in [6.07, 6.45) is 1.79. The summed E-state index contributed by atoms with van der Waals surface area (Å²) >= 11 is 1.46. The van der Waals surface area contributed by atoms with E-state index in [9.17, 15) is 4.79 Å². The van der Waals surface area contributed by atoms with E-state index in [4.69, 9.17) is 10.5 Å². The van der Waals surface area contributed by atoms with Crippen molar-refractivity contribution in [1.82, 2.24) is 4.98 Å². The van der Waals surface area contributed by atoms with E-state index < -0.39 is 6.03 Å². The van der Waals surface area contributed by atoms with E-state index in [0.29, 0.717) is 22.5 Å². The van der Waals surface area contributed by atoms with Crippen LogP contribution in [0.4, 0.5) is 15.6 Å². The number of nitrogens with zero attached hydrogens (tertiary/aromatic N) is 2. The number of hydrogen-bond acceptors (Lipinski definition) is 4. The van der Waals surface area contributed by atoms with Crippen LogP contribution in [0.25, 0.3) is 0 Å². The molecule has 0 spiro atoms. The Morgan fingerprint density at radius 1 is 1.08 bits per heavy atom. The number of aromatic nitrogens is 1. The first kappa shape index (κ1) is 17.0. The summed E-state index contributed by atoms with van der Waals surface area (Å²) in [5.74, 6) is 1.78. The van der Waals surface area contributed by atoms with Gasteiger partial charge in [0.15, 0.2) is 5.13 Å². The van der Waals surface area contributed by atoms with Crippen molar-refractivity contribution in [2.75, 3.05) is 4.90 Å². The number of carbonyl (C=O) groups excluding carboxylic acids is 1. The second-order valence-electron chi connectivity index (χ2n) is 5.78. The minimum Gasteiger partial charge on any atom is -0.457 e. The van der Waals surface area contributed by atoms with E-state index in [-0.39, 0.29) is 0 Å². The molecule has 5 nitrogen and oxygen atoms in total. The summed E-state index contributed by atoms with van der Waals surface area (Å²) < 4.78 is 5.77. The fourth-order valence-corrected chi connectivity index (χ4v) is 3.21. The number of primary amides is 1. The molecule has 3 rings (SSSR count). The zero-order chi connectivity index (χ0) is 17.8. The maximum atomic E-state index is 11.9. The monoisotopic (exact) mass is 353 g/mol. The largest absolute Gasteiger partial charge is 0.457 e. The lowest BCUT2D eigenvalue weighted by Crippen LogP contribution is -2.31. The molecule has 0 bridgehead atoms. The molecule has 1 aromatic heterocycles. The van der Waals surface area contributed by atoms with Gasteiger partial charge in [-0.3, -0.25) is 0 Å². The van der Waals surface area contributed by atoms with Gasteiger partial charge in [0.25, 0.3) is 0 Å². The molecule has 2 N–H and O–H groups in total. The third-order valence-electron chi connectivity index (χ3n) is 3.57. The number of carbonyl (C=O) groups is 1. The van der Waals surface area contributed by atoms with E-state index in [0.717, 1.165) is 10.6 Å². The Hall–Kier alpha value is -2.86. The number of urea groups is 1. The molecule has 0 aliphatic rings. The van der Waals surface area contributed by atoms with Gasteiger partial charge in [-0.15, -0.1) is 11.3 Å². The molecule has 3 aromatic rings. The highest BCUT2D eigenvalue weighted by molar-refractivity contribution is 7.15. The highest BCUT2D eigenvalue weighted by Gasteiger charge is 2.19. The first-order valence-corrected chi connectivity index (χ1v) is 8.74. The molecule has 2 amide bonds. The summed E-state index contributed by atoms with van der Waals surface area (Å²) in [7, 11) is 0. The average Bonchev–Trinajstić information content (AvgIpc) is 3.07. The molecule has 0 aliphatic heterocycles. The van der Waals surface area contributed by atoms with E-state index in [2.05, 4.69) is 18.8 Å². The van der Waals surface area contributed by atoms with Crippen LogP contribution in [0.2, 0.25) is 0 Å². The smallest absolute Gasteiger partial charge is 0.325 e. The van der Waals surface area contributed by atoms with Gasteiger partial charge < -0.3 is 10.5 Å². The summed E-state index contributed by atoms with van der Waals surface area (Å²) in [6, 6.07) is 16.1. The molecule has 0 saturated carbocycles. The number of rotatable bonds is 5. The molecule has 2 aromatic carbocycles. The molecule has 0 aliphatic carbocycles. The van der Waals surface area contributed by atoms with Crippen molar-refractivity contribution in [2.45, 2.75) is 19.8 Å². The van der Waals surface area contributed by atoms with Gasteiger partial charge in [-0.2, -0.15) is 0 Å². The zero-order valence-corrected chi connectivity index (χ0v) is 14.9. The third-order valence-corrected chi connectivity index (χ3v) is 4.85. The molecule has 6 heteroatoms. The molecular formula is C19H19N3O2S. The number of amides is 2. The van der Waals surface area contributed by atoms with Crippen LogP contribution in [0, 0.1) is 0 Å². The van der Waals surface area contributed by atoms with E-state index in [1.54, 1.807) is 30.5 Å². The Bertz CT molecular complexity index is 845. The SMILES string of the molecule is CC(C)c1cnc(N(C(N)=O)c2ccc(Oc3ccccc3)cc2)s1. The molecule has 0 radical (unpaired) electrons. The van der Waals surface area contributed by atoms with Crippen LogP contribution in [0.15, 0.2) is 60.8 Å². The van der Waals surface area contributed by atoms with Crippen LogP contribution < -0.4 is 15.4 Å². The quantitative estimate of drug-likeness (QED) is 0.679. The number of nitrogens with two attached hydrogens (primary N) is 1. The summed E-state index contributed by atoms with van der Waals surface area (Å²) in [6.45, 7) is 4.17. The maximum absolute atomic E-state index is 11.9. The fourth-order valence-electron chi connectivity index (χ4n) is 2.27. The number of anilines is 2. The Labute approximate surface area is 150 Å². The van der Waals surface area contributed by atoms with Crippen LogP contribution in [0.3, 0.4) is 0 Å². The van der Waals surface area contributed by atoms with Gasteiger partial charge in [-0.05, 0) is 42.3 Å². The second kappa shape index (κ2) is 7.36. The highest BCUT2D eigenvalue weighted by atomic mass is 32.1. The molecular weight excluding hydrogens is 334 g/mol. The van der Waals surface area contributed by atoms with Crippen LogP contribution in [0.5, 0.6) is 11.5 Å². The second-order valence-corrected chi connectivity index (χ2v) is 6.82. The lowest BCUT2D eigenvalue weighted by Gasteiger charge is -2.17. The topological polar surface area (TPSA) is 68.5 Å². The lowest BCUT2D eigenvalue weighted by atomic mass is 10.2. The average molecular weight is 353 g/mol. The number of para-hydroxylation sites is 1. The zero-order valence-electron chi connectivity index (χ0n) is 14.0. The van der Waals surface area contributed by atoms with Gasteiger partial charge in [-0.1, -0.05) is 32.0 Å². The minimum absolute atomic E-state index is 0.350. The minimum atomic E-state index is -0.568. The first-order chi connectivity index (χ1) is 12.0. The van der Waals surface area contributed by atoms with Gasteiger partial charge in [0, 0.05) is 11.1 Å². The van der Waals surface area contributed by atoms with E-state index in [1.165, 1.54) is 16.2 Å².